The molecule has 72 valence electrons. The van der Waals surface area contributed by atoms with Crippen LogP contribution in [0.5, 0.6) is 11.5 Å². The summed E-state index contributed by atoms with van der Waals surface area (Å²) in [5.41, 5.74) is 0.528. The summed E-state index contributed by atoms with van der Waals surface area (Å²) in [5.74, 6) is 0.356. The molecule has 0 bridgehead atoms. The first kappa shape index (κ1) is 6.68. The second-order valence-electron chi connectivity index (χ2n) is 2.33. The van der Waals surface area contributed by atoms with E-state index in [2.05, 4.69) is 15.9 Å². The van der Waals surface area contributed by atoms with Crippen molar-refractivity contribution in [3.63, 3.8) is 0 Å². The van der Waals surface area contributed by atoms with E-state index in [1.165, 1.54) is 13.2 Å². The van der Waals surface area contributed by atoms with Gasteiger partial charge in [0.2, 0.25) is 0 Å². The van der Waals surface area contributed by atoms with Crippen molar-refractivity contribution >= 4 is 15.9 Å². The molecule has 0 heterocycles. The molecule has 0 amide bonds. The molecule has 0 radical (unpaired) electrons. The Balaban J connectivity index is 3.21. The largest absolute Gasteiger partial charge is 0.493 e. The molecular weight excluding hydrogens is 236 g/mol. The Kier molecular flexibility index (Phi) is 2.30. The van der Waals surface area contributed by atoms with Gasteiger partial charge >= 0.3 is 0 Å². The Labute approximate surface area is 89.6 Å². The summed E-state index contributed by atoms with van der Waals surface area (Å²) in [7, 11) is -1.16. The Bertz CT molecular complexity index is 379. The van der Waals surface area contributed by atoms with E-state index >= 15 is 0 Å². The van der Waals surface area contributed by atoms with Gasteiger partial charge in [0.1, 0.15) is 0 Å². The van der Waals surface area contributed by atoms with E-state index in [0.717, 1.165) is 0 Å². The third-order valence-corrected chi connectivity index (χ3v) is 2.50. The van der Waals surface area contributed by atoms with Gasteiger partial charge in [-0.15, -0.1) is 0 Å². The van der Waals surface area contributed by atoms with Gasteiger partial charge in [0.15, 0.2) is 11.5 Å². The van der Waals surface area contributed by atoms with Crippen molar-refractivity contribution in [3.8, 4) is 11.5 Å². The van der Waals surface area contributed by atoms with Gasteiger partial charge in [0.05, 0.1) is 29.3 Å². The maximum atomic E-state index is 9.04. The molecule has 13 heavy (non-hydrogen) atoms. The van der Waals surface area contributed by atoms with Crippen LogP contribution in [0.3, 0.4) is 0 Å². The van der Waals surface area contributed by atoms with E-state index in [1.807, 2.05) is 0 Å². The average molecular weight is 250 g/mol. The maximum absolute atomic E-state index is 9.04. The minimum absolute atomic E-state index is 0.0639. The van der Waals surface area contributed by atoms with Gasteiger partial charge in [-0.1, -0.05) is 6.07 Å². The normalized spacial score (nSPS) is 14.2. The van der Waals surface area contributed by atoms with Crippen LogP contribution in [-0.2, 0) is 6.61 Å². The van der Waals surface area contributed by atoms with E-state index in [0.29, 0.717) is 15.8 Å². The van der Waals surface area contributed by atoms with Crippen LogP contribution in [0.4, 0.5) is 0 Å². The summed E-state index contributed by atoms with van der Waals surface area (Å²) >= 11 is 3.17. The highest BCUT2D eigenvalue weighted by atomic mass is 79.9. The zero-order chi connectivity index (χ0) is 12.3. The van der Waals surface area contributed by atoms with Gasteiger partial charge in [-0.3, -0.25) is 0 Å². The fourth-order valence-corrected chi connectivity index (χ4v) is 1.49. The van der Waals surface area contributed by atoms with E-state index in [1.54, 1.807) is 6.07 Å². The Morgan fingerprint density at radius 1 is 1.54 bits per heavy atom. The quantitative estimate of drug-likeness (QED) is 0.891. The number of hydrogen-bond acceptors (Lipinski definition) is 3. The molecule has 3 nitrogen and oxygen atoms in total. The van der Waals surface area contributed by atoms with Crippen molar-refractivity contribution in [3.05, 3.63) is 22.2 Å². The number of methoxy groups -OCH3 is 2. The summed E-state index contributed by atoms with van der Waals surface area (Å²) in [5, 5.41) is 9.04. The van der Waals surface area contributed by atoms with Crippen LogP contribution in [0.15, 0.2) is 16.6 Å². The highest BCUT2D eigenvalue weighted by Gasteiger charge is 2.11. The molecule has 0 spiro atoms. The Hall–Kier alpha value is -0.740. The second kappa shape index (κ2) is 4.48. The molecule has 0 unspecified atom stereocenters. The molecule has 0 saturated carbocycles. The lowest BCUT2D eigenvalue weighted by molar-refractivity contribution is 0.279. The third-order valence-electron chi connectivity index (χ3n) is 1.63. The highest BCUT2D eigenvalue weighted by molar-refractivity contribution is 9.10. The van der Waals surface area contributed by atoms with Gasteiger partial charge in [-0.25, -0.2) is 0 Å². The first-order valence-corrected chi connectivity index (χ1v) is 4.33. The van der Waals surface area contributed by atoms with Crippen LogP contribution >= 0.6 is 15.9 Å². The van der Waals surface area contributed by atoms with Gasteiger partial charge in [0, 0.05) is 0 Å². The molecule has 0 saturated heterocycles. The monoisotopic (exact) mass is 249 g/mol. The summed E-state index contributed by atoms with van der Waals surface area (Å²) < 4.78 is 31.3. The third kappa shape index (κ3) is 1.95. The first-order valence-electron chi connectivity index (χ1n) is 5.04. The van der Waals surface area contributed by atoms with Crippen molar-refractivity contribution in [2.24, 2.45) is 0 Å². The van der Waals surface area contributed by atoms with Crippen LogP contribution in [0.2, 0.25) is 0 Å². The number of ether oxygens (including phenoxy) is 2. The van der Waals surface area contributed by atoms with Crippen molar-refractivity contribution in [2.45, 2.75) is 6.61 Å². The zero-order valence-electron chi connectivity index (χ0n) is 10.0. The second-order valence-corrected chi connectivity index (χ2v) is 3.12. The maximum Gasteiger partial charge on any atom is 0.175 e. The number of hydrogen-bond donors (Lipinski definition) is 1. The predicted octanol–water partition coefficient (Wildman–Crippen LogP) is 1.96. The smallest absolute Gasteiger partial charge is 0.175 e. The van der Waals surface area contributed by atoms with Crippen molar-refractivity contribution in [1.82, 2.24) is 0 Å². The number of rotatable bonds is 3. The lowest BCUT2D eigenvalue weighted by atomic mass is 10.2. The molecule has 4 heteroatoms. The van der Waals surface area contributed by atoms with E-state index in [4.69, 9.17) is 18.7 Å². The molecule has 1 aromatic carbocycles. The molecule has 0 aliphatic heterocycles. The van der Waals surface area contributed by atoms with Crippen LogP contribution in [0.25, 0.3) is 0 Å². The summed E-state index contributed by atoms with van der Waals surface area (Å²) in [4.78, 5) is 0. The Morgan fingerprint density at radius 2 is 2.31 bits per heavy atom. The molecular formula is C9H11BrO3. The average Bonchev–Trinajstić information content (AvgIpc) is 2.19. The Morgan fingerprint density at radius 3 is 2.85 bits per heavy atom. The van der Waals surface area contributed by atoms with Crippen LogP contribution in [0.1, 0.15) is 9.68 Å². The minimum Gasteiger partial charge on any atom is -0.493 e. The molecule has 0 aromatic heterocycles. The summed E-state index contributed by atoms with van der Waals surface area (Å²) in [6.07, 6.45) is 0. The molecule has 0 aliphatic rings. The van der Waals surface area contributed by atoms with Crippen LogP contribution < -0.4 is 9.47 Å². The van der Waals surface area contributed by atoms with Crippen LogP contribution in [-0.4, -0.2) is 19.3 Å². The fourth-order valence-electron chi connectivity index (χ4n) is 0.957. The zero-order valence-corrected chi connectivity index (χ0v) is 8.59. The number of benzene rings is 1. The van der Waals surface area contributed by atoms with Gasteiger partial charge in [-0.2, -0.15) is 0 Å². The SMILES string of the molecule is [2H]C([2H])([2H])Oc1c(OC)ccc(CO)c1Br. The summed E-state index contributed by atoms with van der Waals surface area (Å²) in [6, 6.07) is 3.16. The van der Waals surface area contributed by atoms with Crippen LogP contribution in [0, 0.1) is 0 Å². The number of aliphatic hydroxyl groups is 1. The van der Waals surface area contributed by atoms with Gasteiger partial charge in [0.25, 0.3) is 0 Å². The molecule has 1 rings (SSSR count). The fraction of sp³-hybridized carbons (Fsp3) is 0.333. The van der Waals surface area contributed by atoms with Crippen molar-refractivity contribution in [1.29, 1.82) is 0 Å². The lowest BCUT2D eigenvalue weighted by Gasteiger charge is -2.11. The van der Waals surface area contributed by atoms with Gasteiger partial charge in [-0.05, 0) is 27.6 Å². The van der Waals surface area contributed by atoms with Crippen molar-refractivity contribution in [2.75, 3.05) is 14.1 Å². The van der Waals surface area contributed by atoms with E-state index < -0.39 is 7.04 Å². The number of aliphatic hydroxyl groups excluding tert-OH is 1. The predicted molar refractivity (Wildman–Crippen MR) is 53.2 cm³/mol. The van der Waals surface area contributed by atoms with Gasteiger partial charge < -0.3 is 14.6 Å². The van der Waals surface area contributed by atoms with E-state index in [9.17, 15) is 0 Å². The highest BCUT2D eigenvalue weighted by Crippen LogP contribution is 2.37. The minimum atomic E-state index is -2.57. The molecule has 0 fully saturated rings. The topological polar surface area (TPSA) is 38.7 Å². The molecule has 0 aliphatic carbocycles. The lowest BCUT2D eigenvalue weighted by Crippen LogP contribution is -1.94. The summed E-state index contributed by atoms with van der Waals surface area (Å²) in [6.45, 7) is -0.220. The number of halogens is 1. The van der Waals surface area contributed by atoms with Crippen molar-refractivity contribution < 1.29 is 18.7 Å². The molecule has 1 aromatic rings. The standard InChI is InChI=1S/C9H11BrO3/c1-12-7-4-3-6(5-11)8(10)9(7)13-2/h3-4,11H,5H2,1-2H3/i2D3. The van der Waals surface area contributed by atoms with E-state index in [-0.39, 0.29) is 12.4 Å². The molecule has 1 N–H and O–H groups in total. The molecule has 0 atom stereocenters. The first-order chi connectivity index (χ1) is 7.39.